The lowest BCUT2D eigenvalue weighted by Crippen LogP contribution is -2.17. The minimum absolute atomic E-state index is 0.00459. The highest BCUT2D eigenvalue weighted by Crippen LogP contribution is 2.22. The fraction of sp³-hybridized carbons (Fsp3) is 0.167. The molecule has 1 heterocycles. The van der Waals surface area contributed by atoms with Crippen LogP contribution in [0.2, 0.25) is 0 Å². The van der Waals surface area contributed by atoms with E-state index in [0.29, 0.717) is 5.56 Å². The Hall–Kier alpha value is -2.42. The first-order valence-corrected chi connectivity index (χ1v) is 7.28. The first-order chi connectivity index (χ1) is 9.72. The van der Waals surface area contributed by atoms with Crippen LogP contribution in [0.25, 0.3) is 0 Å². The second kappa shape index (κ2) is 5.17. The van der Waals surface area contributed by atoms with E-state index in [1.165, 1.54) is 26.0 Å². The predicted octanol–water partition coefficient (Wildman–Crippen LogP) is 1.66. The largest absolute Gasteiger partial charge is 0.476 e. The molecule has 1 aromatic carbocycles. The average molecular weight is 313 g/mol. The van der Waals surface area contributed by atoms with Gasteiger partial charge in [0, 0.05) is 0 Å². The van der Waals surface area contributed by atoms with Crippen LogP contribution in [-0.2, 0) is 10.0 Å². The van der Waals surface area contributed by atoms with Crippen molar-refractivity contribution in [2.45, 2.75) is 18.7 Å². The van der Waals surface area contributed by atoms with Crippen molar-refractivity contribution in [1.82, 2.24) is 10.2 Å². The van der Waals surface area contributed by atoms with Crippen molar-refractivity contribution >= 4 is 21.7 Å². The third-order valence-corrected chi connectivity index (χ3v) is 4.33. The van der Waals surface area contributed by atoms with Crippen molar-refractivity contribution in [1.29, 1.82) is 0 Å². The van der Waals surface area contributed by atoms with Gasteiger partial charge in [0.25, 0.3) is 10.0 Å². The highest BCUT2D eigenvalue weighted by atomic mass is 32.2. The molecule has 0 spiro atoms. The number of aromatic nitrogens is 2. The van der Waals surface area contributed by atoms with E-state index < -0.39 is 32.4 Å². The summed E-state index contributed by atoms with van der Waals surface area (Å²) < 4.78 is 40.1. The molecule has 0 fully saturated rings. The molecular weight excluding hydrogens is 301 g/mol. The number of aromatic carboxylic acids is 1. The molecule has 2 aromatic rings. The van der Waals surface area contributed by atoms with Gasteiger partial charge in [-0.3, -0.25) is 9.82 Å². The van der Waals surface area contributed by atoms with Crippen LogP contribution >= 0.6 is 0 Å². The van der Waals surface area contributed by atoms with Gasteiger partial charge in [-0.15, -0.1) is 0 Å². The van der Waals surface area contributed by atoms with Crippen LogP contribution < -0.4 is 4.72 Å². The number of rotatable bonds is 4. The molecule has 1 aromatic heterocycles. The van der Waals surface area contributed by atoms with Crippen LogP contribution in [0.4, 0.5) is 10.1 Å². The van der Waals surface area contributed by atoms with Crippen LogP contribution in [0, 0.1) is 19.7 Å². The molecule has 0 aliphatic carbocycles. The monoisotopic (exact) mass is 313 g/mol. The van der Waals surface area contributed by atoms with Crippen molar-refractivity contribution in [3.8, 4) is 0 Å². The third kappa shape index (κ3) is 2.87. The lowest BCUT2D eigenvalue weighted by Gasteiger charge is -2.09. The standard InChI is InChI=1S/C12H12FN3O4S/c1-6-3-4-8(5-9(6)13)16-21(19,20)11-7(2)14-15-10(11)12(17)18/h3-5,16H,1-2H3,(H,14,15)(H,17,18). The van der Waals surface area contributed by atoms with Gasteiger partial charge in [0.2, 0.25) is 0 Å². The Morgan fingerprint density at radius 2 is 2.05 bits per heavy atom. The van der Waals surface area contributed by atoms with Crippen molar-refractivity contribution in [2.75, 3.05) is 4.72 Å². The molecular formula is C12H12FN3O4S. The van der Waals surface area contributed by atoms with Gasteiger partial charge in [-0.05, 0) is 31.5 Å². The molecule has 0 saturated carbocycles. The minimum Gasteiger partial charge on any atom is -0.476 e. The first-order valence-electron chi connectivity index (χ1n) is 5.79. The number of carboxylic acid groups (broad SMARTS) is 1. The van der Waals surface area contributed by atoms with E-state index in [0.717, 1.165) is 6.07 Å². The Morgan fingerprint density at radius 3 is 2.62 bits per heavy atom. The van der Waals surface area contributed by atoms with Gasteiger partial charge in [0.05, 0.1) is 11.4 Å². The maximum atomic E-state index is 13.4. The molecule has 7 nitrogen and oxygen atoms in total. The Balaban J connectivity index is 2.45. The molecule has 112 valence electrons. The molecule has 3 N–H and O–H groups in total. The maximum Gasteiger partial charge on any atom is 0.357 e. The molecule has 2 rings (SSSR count). The molecule has 0 aliphatic heterocycles. The van der Waals surface area contributed by atoms with Crippen LogP contribution in [0.5, 0.6) is 0 Å². The summed E-state index contributed by atoms with van der Waals surface area (Å²) in [6.45, 7) is 2.92. The molecule has 0 unspecified atom stereocenters. The van der Waals surface area contributed by atoms with Crippen molar-refractivity contribution in [3.63, 3.8) is 0 Å². The van der Waals surface area contributed by atoms with Gasteiger partial charge >= 0.3 is 5.97 Å². The summed E-state index contributed by atoms with van der Waals surface area (Å²) in [7, 11) is -4.20. The van der Waals surface area contributed by atoms with Crippen LogP contribution in [0.1, 0.15) is 21.7 Å². The molecule has 0 bridgehead atoms. The van der Waals surface area contributed by atoms with E-state index in [-0.39, 0.29) is 11.4 Å². The third-order valence-electron chi connectivity index (χ3n) is 2.79. The van der Waals surface area contributed by atoms with Gasteiger partial charge in [-0.1, -0.05) is 6.07 Å². The smallest absolute Gasteiger partial charge is 0.357 e. The predicted molar refractivity (Wildman–Crippen MR) is 72.2 cm³/mol. The zero-order valence-electron chi connectivity index (χ0n) is 11.1. The van der Waals surface area contributed by atoms with E-state index in [1.807, 2.05) is 0 Å². The molecule has 21 heavy (non-hydrogen) atoms. The van der Waals surface area contributed by atoms with Gasteiger partial charge < -0.3 is 5.11 Å². The highest BCUT2D eigenvalue weighted by molar-refractivity contribution is 7.92. The summed E-state index contributed by atoms with van der Waals surface area (Å²) >= 11 is 0. The van der Waals surface area contributed by atoms with Gasteiger partial charge in [-0.2, -0.15) is 5.10 Å². The fourth-order valence-corrected chi connectivity index (χ4v) is 3.13. The summed E-state index contributed by atoms with van der Waals surface area (Å²) in [5, 5.41) is 14.7. The van der Waals surface area contributed by atoms with Gasteiger partial charge in [0.1, 0.15) is 10.7 Å². The number of sulfonamides is 1. The number of hydrogen-bond acceptors (Lipinski definition) is 4. The Labute approximate surface area is 119 Å². The molecule has 9 heteroatoms. The number of hydrogen-bond donors (Lipinski definition) is 3. The van der Waals surface area contributed by atoms with Crippen LogP contribution in [-0.4, -0.2) is 29.7 Å². The van der Waals surface area contributed by atoms with Gasteiger partial charge in [0.15, 0.2) is 5.69 Å². The van der Waals surface area contributed by atoms with Gasteiger partial charge in [-0.25, -0.2) is 17.6 Å². The lowest BCUT2D eigenvalue weighted by molar-refractivity contribution is 0.0686. The van der Waals surface area contributed by atoms with E-state index in [9.17, 15) is 17.6 Å². The van der Waals surface area contributed by atoms with E-state index in [4.69, 9.17) is 5.11 Å². The summed E-state index contributed by atoms with van der Waals surface area (Å²) in [6, 6.07) is 3.81. The molecule has 0 amide bonds. The molecule has 0 radical (unpaired) electrons. The van der Waals surface area contributed by atoms with Crippen LogP contribution in [0.15, 0.2) is 23.1 Å². The zero-order valence-corrected chi connectivity index (χ0v) is 12.0. The quantitative estimate of drug-likeness (QED) is 0.794. The number of carbonyl (C=O) groups is 1. The summed E-state index contributed by atoms with van der Waals surface area (Å²) in [5.41, 5.74) is -0.182. The van der Waals surface area contributed by atoms with Crippen molar-refractivity contribution in [3.05, 3.63) is 41.0 Å². The Kier molecular flexibility index (Phi) is 3.69. The maximum absolute atomic E-state index is 13.4. The number of halogens is 1. The normalized spacial score (nSPS) is 11.4. The first kappa shape index (κ1) is 15.0. The number of aromatic amines is 1. The molecule has 0 atom stereocenters. The summed E-state index contributed by atoms with van der Waals surface area (Å²) in [5.74, 6) is -2.05. The number of H-pyrrole nitrogens is 1. The number of aryl methyl sites for hydroxylation is 2. The summed E-state index contributed by atoms with van der Waals surface area (Å²) in [6.07, 6.45) is 0. The molecule has 0 saturated heterocycles. The summed E-state index contributed by atoms with van der Waals surface area (Å²) in [4.78, 5) is 10.5. The van der Waals surface area contributed by atoms with E-state index in [2.05, 4.69) is 14.9 Å². The topological polar surface area (TPSA) is 112 Å². The number of benzene rings is 1. The lowest BCUT2D eigenvalue weighted by atomic mass is 10.2. The zero-order chi connectivity index (χ0) is 15.8. The molecule has 0 aliphatic rings. The van der Waals surface area contributed by atoms with Crippen LogP contribution in [0.3, 0.4) is 0 Å². The van der Waals surface area contributed by atoms with E-state index >= 15 is 0 Å². The number of nitrogens with one attached hydrogen (secondary N) is 2. The number of anilines is 1. The minimum atomic E-state index is -4.20. The number of carboxylic acids is 1. The highest BCUT2D eigenvalue weighted by Gasteiger charge is 2.28. The SMILES string of the molecule is Cc1ccc(NS(=O)(=O)c2c(C(=O)O)n[nH]c2C)cc1F. The van der Waals surface area contributed by atoms with E-state index in [1.54, 1.807) is 0 Å². The second-order valence-electron chi connectivity index (χ2n) is 4.40. The average Bonchev–Trinajstić information content (AvgIpc) is 2.76. The van der Waals surface area contributed by atoms with Crippen molar-refractivity contribution in [2.24, 2.45) is 0 Å². The Bertz CT molecular complexity index is 814. The second-order valence-corrected chi connectivity index (χ2v) is 6.02. The number of nitrogens with zero attached hydrogens (tertiary/aromatic N) is 1. The fourth-order valence-electron chi connectivity index (χ4n) is 1.76. The Morgan fingerprint density at radius 1 is 1.38 bits per heavy atom. The van der Waals surface area contributed by atoms with Crippen molar-refractivity contribution < 1.29 is 22.7 Å².